The van der Waals surface area contributed by atoms with Gasteiger partial charge in [0.1, 0.15) is 5.52 Å². The highest BCUT2D eigenvalue weighted by molar-refractivity contribution is 6.04. The highest BCUT2D eigenvalue weighted by atomic mass is 16.1. The largest absolute Gasteiger partial charge is 0.330 e. The Hall–Kier alpha value is -2.18. The topological polar surface area (TPSA) is 79.9 Å². The summed E-state index contributed by atoms with van der Waals surface area (Å²) in [5.74, 6) is 0. The minimum absolute atomic E-state index is 0.0268. The standard InChI is InChI=1S/C21H29N5O/c1-15-19-20(24-23-15)17-14-16(6-4-12-25-10-2-3-11-25)7-8-18(17)26(21(19)27)13-5-9-22/h7-8,14H,2-6,9-13,22H2,1H3,(H,23,24). The van der Waals surface area contributed by atoms with Crippen LogP contribution in [0, 0.1) is 6.92 Å². The quantitative estimate of drug-likeness (QED) is 0.673. The van der Waals surface area contributed by atoms with Gasteiger partial charge in [0.25, 0.3) is 5.56 Å². The molecule has 2 aromatic heterocycles. The smallest absolute Gasteiger partial charge is 0.262 e. The van der Waals surface area contributed by atoms with E-state index in [9.17, 15) is 4.79 Å². The molecule has 0 unspecified atom stereocenters. The number of pyridine rings is 1. The molecular weight excluding hydrogens is 338 g/mol. The molecule has 4 rings (SSSR count). The molecule has 1 aromatic carbocycles. The molecule has 3 heterocycles. The van der Waals surface area contributed by atoms with E-state index in [0.717, 1.165) is 35.0 Å². The molecule has 0 saturated carbocycles. The van der Waals surface area contributed by atoms with Crippen LogP contribution in [0.2, 0.25) is 0 Å². The Balaban J connectivity index is 1.69. The summed E-state index contributed by atoms with van der Waals surface area (Å²) in [7, 11) is 0. The maximum atomic E-state index is 13.0. The van der Waals surface area contributed by atoms with Crippen molar-refractivity contribution in [3.8, 4) is 0 Å². The van der Waals surface area contributed by atoms with Crippen molar-refractivity contribution < 1.29 is 0 Å². The average Bonchev–Trinajstić information content (AvgIpc) is 3.32. The third-order valence-electron chi connectivity index (χ3n) is 5.74. The Morgan fingerprint density at radius 3 is 2.78 bits per heavy atom. The van der Waals surface area contributed by atoms with Gasteiger partial charge in [0, 0.05) is 17.6 Å². The van der Waals surface area contributed by atoms with Gasteiger partial charge in [0.15, 0.2) is 0 Å². The molecule has 0 spiro atoms. The van der Waals surface area contributed by atoms with E-state index in [4.69, 9.17) is 5.73 Å². The number of rotatable bonds is 7. The zero-order valence-corrected chi connectivity index (χ0v) is 16.1. The molecule has 6 heteroatoms. The zero-order chi connectivity index (χ0) is 18.8. The molecule has 1 aliphatic heterocycles. The van der Waals surface area contributed by atoms with Gasteiger partial charge in [-0.25, -0.2) is 0 Å². The SMILES string of the molecule is Cc1[nH]nc2c1c(=O)n(CCCN)c1ccc(CCCN3CCCC3)cc21. The number of hydrogen-bond donors (Lipinski definition) is 2. The van der Waals surface area contributed by atoms with E-state index in [1.807, 2.05) is 11.5 Å². The van der Waals surface area contributed by atoms with Crippen molar-refractivity contribution in [2.45, 2.75) is 45.6 Å². The lowest BCUT2D eigenvalue weighted by atomic mass is 10.0. The second-order valence-electron chi connectivity index (χ2n) is 7.68. The second-order valence-corrected chi connectivity index (χ2v) is 7.68. The molecule has 1 fully saturated rings. The number of aryl methyl sites for hydroxylation is 3. The Labute approximate surface area is 159 Å². The van der Waals surface area contributed by atoms with Gasteiger partial charge in [-0.1, -0.05) is 6.07 Å². The van der Waals surface area contributed by atoms with Gasteiger partial charge in [-0.05, 0) is 82.9 Å². The van der Waals surface area contributed by atoms with E-state index >= 15 is 0 Å². The van der Waals surface area contributed by atoms with Crippen LogP contribution in [0.1, 0.15) is 36.9 Å². The first kappa shape index (κ1) is 18.2. The van der Waals surface area contributed by atoms with Crippen molar-refractivity contribution >= 4 is 21.8 Å². The van der Waals surface area contributed by atoms with Crippen LogP contribution in [-0.2, 0) is 13.0 Å². The third-order valence-corrected chi connectivity index (χ3v) is 5.74. The average molecular weight is 367 g/mol. The first-order valence-corrected chi connectivity index (χ1v) is 10.1. The molecule has 0 radical (unpaired) electrons. The molecule has 6 nitrogen and oxygen atoms in total. The van der Waals surface area contributed by atoms with Crippen molar-refractivity contribution in [2.24, 2.45) is 5.73 Å². The number of aromatic nitrogens is 3. The van der Waals surface area contributed by atoms with Crippen molar-refractivity contribution in [1.82, 2.24) is 19.7 Å². The lowest BCUT2D eigenvalue weighted by Gasteiger charge is -2.15. The van der Waals surface area contributed by atoms with Crippen LogP contribution in [0.25, 0.3) is 21.8 Å². The van der Waals surface area contributed by atoms with Gasteiger partial charge in [-0.3, -0.25) is 9.89 Å². The number of hydrogen-bond acceptors (Lipinski definition) is 4. The Morgan fingerprint density at radius 1 is 1.19 bits per heavy atom. The first-order valence-electron chi connectivity index (χ1n) is 10.1. The summed E-state index contributed by atoms with van der Waals surface area (Å²) in [5, 5.41) is 9.20. The fourth-order valence-electron chi connectivity index (χ4n) is 4.28. The number of nitrogens with two attached hydrogens (primary N) is 1. The molecule has 0 atom stereocenters. The normalized spacial score (nSPS) is 15.3. The molecule has 3 N–H and O–H groups in total. The summed E-state index contributed by atoms with van der Waals surface area (Å²) in [6, 6.07) is 6.47. The predicted octanol–water partition coefficient (Wildman–Crippen LogP) is 2.56. The zero-order valence-electron chi connectivity index (χ0n) is 16.1. The molecule has 144 valence electrons. The number of nitrogens with one attached hydrogen (secondary N) is 1. The van der Waals surface area contributed by atoms with E-state index in [-0.39, 0.29) is 5.56 Å². The minimum atomic E-state index is 0.0268. The highest BCUT2D eigenvalue weighted by Gasteiger charge is 2.16. The van der Waals surface area contributed by atoms with Crippen LogP contribution >= 0.6 is 0 Å². The molecule has 1 aliphatic rings. The van der Waals surface area contributed by atoms with Gasteiger partial charge in [-0.2, -0.15) is 5.10 Å². The lowest BCUT2D eigenvalue weighted by molar-refractivity contribution is 0.334. The predicted molar refractivity (Wildman–Crippen MR) is 110 cm³/mol. The summed E-state index contributed by atoms with van der Waals surface area (Å²) in [6.07, 6.45) is 5.69. The van der Waals surface area contributed by atoms with Crippen LogP contribution in [0.15, 0.2) is 23.0 Å². The van der Waals surface area contributed by atoms with E-state index in [1.54, 1.807) is 0 Å². The number of H-pyrrole nitrogens is 1. The molecule has 27 heavy (non-hydrogen) atoms. The van der Waals surface area contributed by atoms with Gasteiger partial charge < -0.3 is 15.2 Å². The monoisotopic (exact) mass is 367 g/mol. The van der Waals surface area contributed by atoms with Crippen molar-refractivity contribution in [3.63, 3.8) is 0 Å². The summed E-state index contributed by atoms with van der Waals surface area (Å²) in [4.78, 5) is 15.5. The number of fused-ring (bicyclic) bond motifs is 3. The fourth-order valence-corrected chi connectivity index (χ4v) is 4.28. The Morgan fingerprint density at radius 2 is 2.00 bits per heavy atom. The molecule has 1 saturated heterocycles. The van der Waals surface area contributed by atoms with Gasteiger partial charge in [0.05, 0.1) is 10.9 Å². The third kappa shape index (κ3) is 3.51. The summed E-state index contributed by atoms with van der Waals surface area (Å²) < 4.78 is 1.86. The summed E-state index contributed by atoms with van der Waals surface area (Å²) >= 11 is 0. The molecule has 0 amide bonds. The van der Waals surface area contributed by atoms with Crippen LogP contribution in [-0.4, -0.2) is 45.8 Å². The van der Waals surface area contributed by atoms with Crippen LogP contribution in [0.3, 0.4) is 0 Å². The van der Waals surface area contributed by atoms with E-state index < -0.39 is 0 Å². The molecular formula is C21H29N5O. The first-order chi connectivity index (χ1) is 13.2. The van der Waals surface area contributed by atoms with Crippen molar-refractivity contribution in [2.75, 3.05) is 26.2 Å². The number of benzene rings is 1. The lowest BCUT2D eigenvalue weighted by Crippen LogP contribution is -2.22. The van der Waals surface area contributed by atoms with E-state index in [2.05, 4.69) is 33.3 Å². The summed E-state index contributed by atoms with van der Waals surface area (Å²) in [6.45, 7) is 6.79. The van der Waals surface area contributed by atoms with Crippen LogP contribution < -0.4 is 11.3 Å². The second kappa shape index (κ2) is 7.82. The molecule has 0 aliphatic carbocycles. The van der Waals surface area contributed by atoms with Crippen LogP contribution in [0.4, 0.5) is 0 Å². The van der Waals surface area contributed by atoms with Crippen LogP contribution in [0.5, 0.6) is 0 Å². The summed E-state index contributed by atoms with van der Waals surface area (Å²) in [5.41, 5.74) is 9.60. The van der Waals surface area contributed by atoms with Gasteiger partial charge >= 0.3 is 0 Å². The van der Waals surface area contributed by atoms with Crippen molar-refractivity contribution in [1.29, 1.82) is 0 Å². The molecule has 0 bridgehead atoms. The molecule has 3 aromatic rings. The van der Waals surface area contributed by atoms with E-state index in [1.165, 1.54) is 44.5 Å². The minimum Gasteiger partial charge on any atom is -0.330 e. The maximum absolute atomic E-state index is 13.0. The Kier molecular flexibility index (Phi) is 5.27. The Bertz CT molecular complexity index is 997. The highest BCUT2D eigenvalue weighted by Crippen LogP contribution is 2.25. The number of aromatic amines is 1. The fraction of sp³-hybridized carbons (Fsp3) is 0.524. The maximum Gasteiger partial charge on any atom is 0.262 e. The number of nitrogens with zero attached hydrogens (tertiary/aromatic N) is 3. The number of likely N-dealkylation sites (tertiary alicyclic amines) is 1. The van der Waals surface area contributed by atoms with Gasteiger partial charge in [0.2, 0.25) is 0 Å². The van der Waals surface area contributed by atoms with Gasteiger partial charge in [-0.15, -0.1) is 0 Å². The van der Waals surface area contributed by atoms with E-state index in [0.29, 0.717) is 18.5 Å². The van der Waals surface area contributed by atoms with Crippen molar-refractivity contribution in [3.05, 3.63) is 39.8 Å².